The number of rotatable bonds is 5. The average Bonchev–Trinajstić information content (AvgIpc) is 2.64. The second-order valence-electron chi connectivity index (χ2n) is 5.76. The summed E-state index contributed by atoms with van der Waals surface area (Å²) in [5.74, 6) is 0. The van der Waals surface area contributed by atoms with Crippen molar-refractivity contribution in [3.8, 4) is 0 Å². The van der Waals surface area contributed by atoms with E-state index in [-0.39, 0.29) is 5.54 Å². The summed E-state index contributed by atoms with van der Waals surface area (Å²) in [6.45, 7) is 2.46. The van der Waals surface area contributed by atoms with Crippen molar-refractivity contribution in [3.05, 3.63) is 15.4 Å². The first-order valence-corrected chi connectivity index (χ1v) is 9.64. The molecule has 1 aromatic rings. The molecular weight excluding hydrogens is 360 g/mol. The summed E-state index contributed by atoms with van der Waals surface area (Å²) >= 11 is 4.68. The SMILES string of the molecule is Cc1cc(S(=O)(=O)N(C)CC2(N(C)C)CCC2)sc1Br. The molecular formula is C13H21BrN2O2S2. The van der Waals surface area contributed by atoms with Gasteiger partial charge in [0.2, 0.25) is 0 Å². The molecule has 2 rings (SSSR count). The van der Waals surface area contributed by atoms with Crippen molar-refractivity contribution in [2.24, 2.45) is 0 Å². The van der Waals surface area contributed by atoms with Crippen LogP contribution in [0, 0.1) is 6.92 Å². The number of aryl methyl sites for hydroxylation is 1. The first-order valence-electron chi connectivity index (χ1n) is 6.59. The molecule has 4 nitrogen and oxygen atoms in total. The highest BCUT2D eigenvalue weighted by molar-refractivity contribution is 9.11. The van der Waals surface area contributed by atoms with Crippen molar-refractivity contribution in [1.82, 2.24) is 9.21 Å². The van der Waals surface area contributed by atoms with Crippen LogP contribution in [0.3, 0.4) is 0 Å². The van der Waals surface area contributed by atoms with E-state index >= 15 is 0 Å². The van der Waals surface area contributed by atoms with Crippen LogP contribution >= 0.6 is 27.3 Å². The molecule has 7 heteroatoms. The highest BCUT2D eigenvalue weighted by Gasteiger charge is 2.42. The van der Waals surface area contributed by atoms with E-state index in [4.69, 9.17) is 0 Å². The van der Waals surface area contributed by atoms with Crippen molar-refractivity contribution >= 4 is 37.3 Å². The summed E-state index contributed by atoms with van der Waals surface area (Å²) in [6.07, 6.45) is 3.30. The second-order valence-corrected chi connectivity index (χ2v) is 10.4. The van der Waals surface area contributed by atoms with E-state index in [2.05, 4.69) is 20.8 Å². The summed E-state index contributed by atoms with van der Waals surface area (Å²) in [6, 6.07) is 1.74. The van der Waals surface area contributed by atoms with Crippen molar-refractivity contribution < 1.29 is 8.42 Å². The molecule has 0 atom stereocenters. The highest BCUT2D eigenvalue weighted by atomic mass is 79.9. The van der Waals surface area contributed by atoms with Gasteiger partial charge in [-0.15, -0.1) is 11.3 Å². The van der Waals surface area contributed by atoms with Gasteiger partial charge in [-0.3, -0.25) is 0 Å². The molecule has 1 aliphatic rings. The van der Waals surface area contributed by atoms with Gasteiger partial charge in [0.05, 0.1) is 3.79 Å². The zero-order valence-corrected chi connectivity index (χ0v) is 15.5. The lowest BCUT2D eigenvalue weighted by molar-refractivity contribution is 0.0455. The van der Waals surface area contributed by atoms with E-state index in [1.165, 1.54) is 22.1 Å². The number of hydrogen-bond donors (Lipinski definition) is 0. The topological polar surface area (TPSA) is 40.6 Å². The van der Waals surface area contributed by atoms with Crippen LogP contribution in [0.25, 0.3) is 0 Å². The Labute approximate surface area is 133 Å². The van der Waals surface area contributed by atoms with Crippen LogP contribution in [0.1, 0.15) is 24.8 Å². The minimum Gasteiger partial charge on any atom is -0.302 e. The van der Waals surface area contributed by atoms with Gasteiger partial charge in [-0.2, -0.15) is 4.31 Å². The predicted molar refractivity (Wildman–Crippen MR) is 86.8 cm³/mol. The fourth-order valence-electron chi connectivity index (χ4n) is 2.54. The zero-order chi connectivity index (χ0) is 15.1. The van der Waals surface area contributed by atoms with Crippen molar-refractivity contribution in [2.75, 3.05) is 27.7 Å². The fraction of sp³-hybridized carbons (Fsp3) is 0.692. The summed E-state index contributed by atoms with van der Waals surface area (Å²) in [5.41, 5.74) is 0.971. The maximum absolute atomic E-state index is 12.6. The predicted octanol–water partition coefficient (Wildman–Crippen LogP) is 2.92. The van der Waals surface area contributed by atoms with Crippen LogP contribution in [0.5, 0.6) is 0 Å². The first kappa shape index (κ1) is 16.4. The molecule has 0 spiro atoms. The van der Waals surface area contributed by atoms with Gasteiger partial charge in [0, 0.05) is 19.1 Å². The maximum atomic E-state index is 12.6. The van der Waals surface area contributed by atoms with Crippen LogP contribution in [0.15, 0.2) is 14.1 Å². The Bertz CT molecular complexity index is 572. The third-order valence-corrected chi connectivity index (χ3v) is 8.64. The monoisotopic (exact) mass is 380 g/mol. The van der Waals surface area contributed by atoms with Gasteiger partial charge in [0.1, 0.15) is 4.21 Å². The standard InChI is InChI=1S/C13H21BrN2O2S2/c1-10-8-11(19-12(10)14)20(17,18)16(4)9-13(15(2)3)6-5-7-13/h8H,5-7,9H2,1-4H3. The number of sulfonamides is 1. The van der Waals surface area contributed by atoms with Gasteiger partial charge < -0.3 is 4.90 Å². The van der Waals surface area contributed by atoms with Crippen LogP contribution in [-0.4, -0.2) is 50.8 Å². The van der Waals surface area contributed by atoms with Crippen LogP contribution in [0.2, 0.25) is 0 Å². The molecule has 1 aliphatic carbocycles. The fourth-order valence-corrected chi connectivity index (χ4v) is 6.23. The Balaban J connectivity index is 2.21. The minimum atomic E-state index is -3.39. The smallest absolute Gasteiger partial charge is 0.252 e. The van der Waals surface area contributed by atoms with Gasteiger partial charge in [-0.05, 0) is 67.8 Å². The first-order chi connectivity index (χ1) is 9.19. The molecule has 0 bridgehead atoms. The number of likely N-dealkylation sites (N-methyl/N-ethyl adjacent to an activating group) is 2. The van der Waals surface area contributed by atoms with Gasteiger partial charge >= 0.3 is 0 Å². The minimum absolute atomic E-state index is 0.00531. The quantitative estimate of drug-likeness (QED) is 0.788. The molecule has 20 heavy (non-hydrogen) atoms. The van der Waals surface area contributed by atoms with Crippen molar-refractivity contribution in [3.63, 3.8) is 0 Å². The Morgan fingerprint density at radius 3 is 2.30 bits per heavy atom. The third kappa shape index (κ3) is 2.83. The van der Waals surface area contributed by atoms with E-state index in [0.717, 1.165) is 22.2 Å². The largest absolute Gasteiger partial charge is 0.302 e. The molecule has 1 aromatic heterocycles. The van der Waals surface area contributed by atoms with Crippen molar-refractivity contribution in [1.29, 1.82) is 0 Å². The molecule has 0 aliphatic heterocycles. The summed E-state index contributed by atoms with van der Waals surface area (Å²) in [7, 11) is 2.36. The van der Waals surface area contributed by atoms with Crippen molar-refractivity contribution in [2.45, 2.75) is 35.9 Å². The Morgan fingerprint density at radius 2 is 1.95 bits per heavy atom. The number of hydrogen-bond acceptors (Lipinski definition) is 4. The van der Waals surface area contributed by atoms with E-state index in [1.54, 1.807) is 13.1 Å². The molecule has 0 amide bonds. The van der Waals surface area contributed by atoms with Crippen LogP contribution in [-0.2, 0) is 10.0 Å². The molecule has 114 valence electrons. The Morgan fingerprint density at radius 1 is 1.35 bits per heavy atom. The Hall–Kier alpha value is 0.0500. The lowest BCUT2D eigenvalue weighted by Gasteiger charge is -2.48. The molecule has 0 saturated heterocycles. The lowest BCUT2D eigenvalue weighted by atomic mass is 9.75. The Kier molecular flexibility index (Phi) is 4.67. The average molecular weight is 381 g/mol. The lowest BCUT2D eigenvalue weighted by Crippen LogP contribution is -2.57. The molecule has 0 unspecified atom stereocenters. The summed E-state index contributed by atoms with van der Waals surface area (Å²) in [4.78, 5) is 2.16. The molecule has 1 saturated carbocycles. The summed E-state index contributed by atoms with van der Waals surface area (Å²) in [5, 5.41) is 0. The van der Waals surface area contributed by atoms with Crippen LogP contribution < -0.4 is 0 Å². The normalized spacial score (nSPS) is 18.6. The molecule has 1 fully saturated rings. The number of halogens is 1. The van der Waals surface area contributed by atoms with E-state index < -0.39 is 10.0 Å². The van der Waals surface area contributed by atoms with Gasteiger partial charge in [-0.25, -0.2) is 8.42 Å². The number of nitrogens with zero attached hydrogens (tertiary/aromatic N) is 2. The van der Waals surface area contributed by atoms with E-state index in [9.17, 15) is 8.42 Å². The van der Waals surface area contributed by atoms with E-state index in [1.807, 2.05) is 21.0 Å². The maximum Gasteiger partial charge on any atom is 0.252 e. The van der Waals surface area contributed by atoms with E-state index in [0.29, 0.717) is 10.8 Å². The van der Waals surface area contributed by atoms with Gasteiger partial charge in [-0.1, -0.05) is 0 Å². The number of thiophene rings is 1. The zero-order valence-electron chi connectivity index (χ0n) is 12.3. The van der Waals surface area contributed by atoms with Gasteiger partial charge in [0.15, 0.2) is 0 Å². The molecule has 0 N–H and O–H groups in total. The molecule has 0 radical (unpaired) electrons. The highest BCUT2D eigenvalue weighted by Crippen LogP contribution is 2.38. The molecule has 1 heterocycles. The van der Waals surface area contributed by atoms with Crippen LogP contribution in [0.4, 0.5) is 0 Å². The molecule has 0 aromatic carbocycles. The third-order valence-electron chi connectivity index (χ3n) is 4.25. The van der Waals surface area contributed by atoms with Gasteiger partial charge in [0.25, 0.3) is 10.0 Å². The second kappa shape index (κ2) is 5.68. The summed E-state index contributed by atoms with van der Waals surface area (Å²) < 4.78 is 28.1.